The van der Waals surface area contributed by atoms with Crippen molar-refractivity contribution in [1.29, 1.82) is 0 Å². The van der Waals surface area contributed by atoms with Crippen LogP contribution in [0.15, 0.2) is 24.3 Å². The molecule has 0 heterocycles. The highest BCUT2D eigenvalue weighted by Gasteiger charge is 2.16. The molecule has 0 fully saturated rings. The van der Waals surface area contributed by atoms with Gasteiger partial charge in [0.1, 0.15) is 5.82 Å². The first kappa shape index (κ1) is 14.1. The maximum Gasteiger partial charge on any atom is 0.216 e. The van der Waals surface area contributed by atoms with E-state index in [4.69, 9.17) is 5.11 Å². The van der Waals surface area contributed by atoms with E-state index in [2.05, 4.69) is 4.72 Å². The number of aliphatic hydroxyl groups excluding tert-OH is 1. The summed E-state index contributed by atoms with van der Waals surface area (Å²) in [4.78, 5) is 0. The fourth-order valence-electron chi connectivity index (χ4n) is 1.35. The van der Waals surface area contributed by atoms with Gasteiger partial charge in [-0.15, -0.1) is 0 Å². The van der Waals surface area contributed by atoms with Crippen molar-refractivity contribution in [3.05, 3.63) is 35.6 Å². The third-order valence-corrected chi connectivity index (χ3v) is 3.74. The second-order valence-corrected chi connectivity index (χ2v) is 5.55. The molecule has 0 saturated heterocycles. The van der Waals surface area contributed by atoms with Crippen LogP contribution in [0.25, 0.3) is 0 Å². The van der Waals surface area contributed by atoms with E-state index in [9.17, 15) is 12.8 Å². The molecule has 0 aliphatic carbocycles. The molecule has 0 aliphatic rings. The van der Waals surface area contributed by atoms with Gasteiger partial charge in [-0.3, -0.25) is 0 Å². The molecule has 0 aromatic heterocycles. The Morgan fingerprint density at radius 2 is 1.94 bits per heavy atom. The monoisotopic (exact) mass is 261 g/mol. The maximum atomic E-state index is 12.6. The van der Waals surface area contributed by atoms with Crippen LogP contribution in [0.4, 0.5) is 4.39 Å². The summed E-state index contributed by atoms with van der Waals surface area (Å²) in [5.41, 5.74) is 0.506. The lowest BCUT2D eigenvalue weighted by atomic mass is 10.2. The summed E-state index contributed by atoms with van der Waals surface area (Å²) in [6.45, 7) is 1.54. The van der Waals surface area contributed by atoms with Crippen molar-refractivity contribution in [3.63, 3.8) is 0 Å². The van der Waals surface area contributed by atoms with Crippen LogP contribution < -0.4 is 4.72 Å². The zero-order valence-electron chi connectivity index (χ0n) is 9.56. The Morgan fingerprint density at radius 3 is 2.41 bits per heavy atom. The van der Waals surface area contributed by atoms with E-state index in [0.29, 0.717) is 12.0 Å². The molecule has 2 N–H and O–H groups in total. The Kier molecular flexibility index (Phi) is 5.04. The number of benzene rings is 1. The van der Waals surface area contributed by atoms with Crippen molar-refractivity contribution in [3.8, 4) is 0 Å². The Bertz CT molecular complexity index is 440. The molecule has 6 heteroatoms. The Balaban J connectivity index is 2.69. The second kappa shape index (κ2) is 6.09. The van der Waals surface area contributed by atoms with Gasteiger partial charge in [-0.25, -0.2) is 17.5 Å². The van der Waals surface area contributed by atoms with Crippen molar-refractivity contribution in [2.75, 3.05) is 6.61 Å². The van der Waals surface area contributed by atoms with Crippen LogP contribution >= 0.6 is 0 Å². The quantitative estimate of drug-likeness (QED) is 0.803. The number of hydrogen-bond donors (Lipinski definition) is 2. The number of nitrogens with one attached hydrogen (secondary N) is 1. The topological polar surface area (TPSA) is 66.4 Å². The molecule has 1 unspecified atom stereocenters. The highest BCUT2D eigenvalue weighted by molar-refractivity contribution is 7.88. The van der Waals surface area contributed by atoms with Crippen molar-refractivity contribution in [2.45, 2.75) is 25.1 Å². The van der Waals surface area contributed by atoms with Crippen LogP contribution in [0.3, 0.4) is 0 Å². The molecule has 1 aromatic rings. The van der Waals surface area contributed by atoms with E-state index in [1.54, 1.807) is 6.92 Å². The first-order valence-corrected chi connectivity index (χ1v) is 6.97. The smallest absolute Gasteiger partial charge is 0.216 e. The zero-order valence-corrected chi connectivity index (χ0v) is 10.4. The number of hydrogen-bond acceptors (Lipinski definition) is 3. The minimum absolute atomic E-state index is 0.218. The molecule has 0 aliphatic heterocycles. The molecule has 0 spiro atoms. The molecular formula is C11H16FNO3S. The zero-order chi connectivity index (χ0) is 12.9. The van der Waals surface area contributed by atoms with Gasteiger partial charge in [0.25, 0.3) is 0 Å². The lowest BCUT2D eigenvalue weighted by molar-refractivity contribution is 0.254. The minimum atomic E-state index is -3.50. The summed E-state index contributed by atoms with van der Waals surface area (Å²) >= 11 is 0. The van der Waals surface area contributed by atoms with Gasteiger partial charge in [0.05, 0.1) is 12.4 Å². The predicted molar refractivity (Wildman–Crippen MR) is 63.3 cm³/mol. The van der Waals surface area contributed by atoms with Gasteiger partial charge >= 0.3 is 0 Å². The summed E-state index contributed by atoms with van der Waals surface area (Å²) in [5.74, 6) is -0.620. The highest BCUT2D eigenvalue weighted by Crippen LogP contribution is 2.07. The first-order chi connectivity index (χ1) is 7.96. The molecule has 4 nitrogen and oxygen atoms in total. The van der Waals surface area contributed by atoms with Crippen molar-refractivity contribution >= 4 is 10.0 Å². The van der Waals surface area contributed by atoms with E-state index in [1.165, 1.54) is 24.3 Å². The summed E-state index contributed by atoms with van der Waals surface area (Å²) in [6, 6.07) is 4.81. The van der Waals surface area contributed by atoms with E-state index >= 15 is 0 Å². The van der Waals surface area contributed by atoms with Gasteiger partial charge in [-0.05, 0) is 24.1 Å². The van der Waals surface area contributed by atoms with Gasteiger partial charge in [-0.2, -0.15) is 0 Å². The Hall–Kier alpha value is -0.980. The summed E-state index contributed by atoms with van der Waals surface area (Å²) in [5, 5.41) is 8.92. The predicted octanol–water partition coefficient (Wildman–Crippen LogP) is 1.02. The molecule has 96 valence electrons. The van der Waals surface area contributed by atoms with Crippen LogP contribution in [0.2, 0.25) is 0 Å². The largest absolute Gasteiger partial charge is 0.395 e. The molecule has 17 heavy (non-hydrogen) atoms. The van der Waals surface area contributed by atoms with E-state index in [-0.39, 0.29) is 12.4 Å². The van der Waals surface area contributed by atoms with Crippen LogP contribution in [-0.4, -0.2) is 26.2 Å². The maximum absolute atomic E-state index is 12.6. The van der Waals surface area contributed by atoms with Gasteiger partial charge < -0.3 is 5.11 Å². The van der Waals surface area contributed by atoms with Crippen LogP contribution in [0.1, 0.15) is 18.9 Å². The number of halogens is 1. The summed E-state index contributed by atoms with van der Waals surface area (Å²) in [6.07, 6.45) is 0.513. The Labute approximate surface area is 101 Å². The fourth-order valence-corrected chi connectivity index (χ4v) is 2.81. The lowest BCUT2D eigenvalue weighted by Crippen LogP contribution is -2.37. The molecule has 0 saturated carbocycles. The normalized spacial score (nSPS) is 13.6. The first-order valence-electron chi connectivity index (χ1n) is 5.32. The third kappa shape index (κ3) is 4.80. The molecule has 0 amide bonds. The molecule has 1 atom stereocenters. The summed E-state index contributed by atoms with van der Waals surface area (Å²) < 4.78 is 38.4. The van der Waals surface area contributed by atoms with Crippen molar-refractivity contribution < 1.29 is 17.9 Å². The average Bonchev–Trinajstić information content (AvgIpc) is 2.29. The van der Waals surface area contributed by atoms with Gasteiger partial charge in [0.2, 0.25) is 10.0 Å². The SMILES string of the molecule is CCC(CO)NS(=O)(=O)Cc1ccc(F)cc1. The van der Waals surface area contributed by atoms with Crippen LogP contribution in [-0.2, 0) is 15.8 Å². The molecule has 1 aromatic carbocycles. The highest BCUT2D eigenvalue weighted by atomic mass is 32.2. The molecule has 0 bridgehead atoms. The minimum Gasteiger partial charge on any atom is -0.395 e. The van der Waals surface area contributed by atoms with E-state index in [1.807, 2.05) is 0 Å². The van der Waals surface area contributed by atoms with Crippen LogP contribution in [0, 0.1) is 5.82 Å². The van der Waals surface area contributed by atoms with Gasteiger partial charge in [0, 0.05) is 6.04 Å². The van der Waals surface area contributed by atoms with Gasteiger partial charge in [0.15, 0.2) is 0 Å². The second-order valence-electron chi connectivity index (χ2n) is 3.79. The number of sulfonamides is 1. The van der Waals surface area contributed by atoms with E-state index < -0.39 is 21.9 Å². The molecule has 0 radical (unpaired) electrons. The summed E-state index contributed by atoms with van der Waals surface area (Å²) in [7, 11) is -3.50. The molecule has 1 rings (SSSR count). The molecular weight excluding hydrogens is 245 g/mol. The van der Waals surface area contributed by atoms with Crippen molar-refractivity contribution in [2.24, 2.45) is 0 Å². The standard InChI is InChI=1S/C11H16FNO3S/c1-2-11(7-14)13-17(15,16)8-9-3-5-10(12)6-4-9/h3-6,11,13-14H,2,7-8H2,1H3. The van der Waals surface area contributed by atoms with Gasteiger partial charge in [-0.1, -0.05) is 19.1 Å². The van der Waals surface area contributed by atoms with Crippen molar-refractivity contribution in [1.82, 2.24) is 4.72 Å². The van der Waals surface area contributed by atoms with E-state index in [0.717, 1.165) is 0 Å². The average molecular weight is 261 g/mol. The number of aliphatic hydroxyl groups is 1. The third-order valence-electron chi connectivity index (χ3n) is 2.33. The lowest BCUT2D eigenvalue weighted by Gasteiger charge is -2.14. The Morgan fingerprint density at radius 1 is 1.35 bits per heavy atom. The fraction of sp³-hybridized carbons (Fsp3) is 0.455. The number of rotatable bonds is 6. The van der Waals surface area contributed by atoms with Crippen LogP contribution in [0.5, 0.6) is 0 Å².